The zero-order chi connectivity index (χ0) is 14.0. The van der Waals surface area contributed by atoms with Gasteiger partial charge in [-0.3, -0.25) is 4.79 Å². The Morgan fingerprint density at radius 3 is 2.74 bits per heavy atom. The Labute approximate surface area is 122 Å². The largest absolute Gasteiger partial charge is 0.372 e. The molecular weight excluding hydrogens is 287 g/mol. The highest BCUT2D eigenvalue weighted by Crippen LogP contribution is 2.31. The standard InChI is InChI=1S/C12H16Cl2N4O/c1-15-11-8(13)6-9(14)12(16-11)18-5-3-4-17(2)10(19)7-18/h6H,3-5,7H2,1-2H3,(H,15,16). The molecule has 1 amide bonds. The van der Waals surface area contributed by atoms with Gasteiger partial charge in [0.15, 0.2) is 0 Å². The van der Waals surface area contributed by atoms with E-state index in [4.69, 9.17) is 23.2 Å². The molecule has 2 heterocycles. The molecule has 1 aliphatic rings. The number of nitrogens with zero attached hydrogens (tertiary/aromatic N) is 3. The summed E-state index contributed by atoms with van der Waals surface area (Å²) >= 11 is 12.2. The lowest BCUT2D eigenvalue weighted by Crippen LogP contribution is -2.34. The smallest absolute Gasteiger partial charge is 0.241 e. The molecular formula is C12H16Cl2N4O. The summed E-state index contributed by atoms with van der Waals surface area (Å²) in [6, 6.07) is 1.65. The van der Waals surface area contributed by atoms with E-state index in [1.165, 1.54) is 0 Å². The fourth-order valence-corrected chi connectivity index (χ4v) is 2.59. The molecule has 1 aliphatic heterocycles. The lowest BCUT2D eigenvalue weighted by atomic mass is 10.3. The molecule has 0 atom stereocenters. The van der Waals surface area contributed by atoms with Crippen molar-refractivity contribution < 1.29 is 4.79 Å². The van der Waals surface area contributed by atoms with Crippen molar-refractivity contribution >= 4 is 40.7 Å². The summed E-state index contributed by atoms with van der Waals surface area (Å²) in [5, 5.41) is 3.84. The molecule has 1 saturated heterocycles. The molecule has 5 nitrogen and oxygen atoms in total. The van der Waals surface area contributed by atoms with E-state index in [1.807, 2.05) is 11.9 Å². The van der Waals surface area contributed by atoms with Crippen LogP contribution in [0.5, 0.6) is 0 Å². The van der Waals surface area contributed by atoms with E-state index >= 15 is 0 Å². The first-order chi connectivity index (χ1) is 9.02. The van der Waals surface area contributed by atoms with Crippen molar-refractivity contribution in [2.24, 2.45) is 0 Å². The van der Waals surface area contributed by atoms with Crippen molar-refractivity contribution in [2.45, 2.75) is 6.42 Å². The van der Waals surface area contributed by atoms with E-state index in [0.717, 1.165) is 19.5 Å². The fourth-order valence-electron chi connectivity index (χ4n) is 2.02. The third-order valence-corrected chi connectivity index (χ3v) is 3.69. The predicted octanol–water partition coefficient (Wildman–Crippen LogP) is 2.10. The highest BCUT2D eigenvalue weighted by atomic mass is 35.5. The van der Waals surface area contributed by atoms with Gasteiger partial charge >= 0.3 is 0 Å². The van der Waals surface area contributed by atoms with Crippen LogP contribution in [0.25, 0.3) is 0 Å². The second-order valence-electron chi connectivity index (χ2n) is 4.46. The Morgan fingerprint density at radius 2 is 2.05 bits per heavy atom. The Bertz CT molecular complexity index is 495. The molecule has 1 N–H and O–H groups in total. The van der Waals surface area contributed by atoms with Gasteiger partial charge in [0.1, 0.15) is 11.6 Å². The van der Waals surface area contributed by atoms with Crippen LogP contribution in [0.1, 0.15) is 6.42 Å². The molecule has 7 heteroatoms. The first-order valence-corrected chi connectivity index (χ1v) is 6.81. The first kappa shape index (κ1) is 14.2. The maximum absolute atomic E-state index is 11.9. The highest BCUT2D eigenvalue weighted by molar-refractivity contribution is 6.37. The van der Waals surface area contributed by atoms with Gasteiger partial charge in [-0.05, 0) is 12.5 Å². The molecule has 0 bridgehead atoms. The van der Waals surface area contributed by atoms with E-state index in [-0.39, 0.29) is 12.5 Å². The van der Waals surface area contributed by atoms with E-state index in [2.05, 4.69) is 10.3 Å². The fraction of sp³-hybridized carbons (Fsp3) is 0.500. The number of rotatable bonds is 2. The normalized spacial score (nSPS) is 16.5. The Balaban J connectivity index is 2.32. The topological polar surface area (TPSA) is 48.5 Å². The number of likely N-dealkylation sites (N-methyl/N-ethyl adjacent to an activating group) is 1. The van der Waals surface area contributed by atoms with Gasteiger partial charge < -0.3 is 15.1 Å². The van der Waals surface area contributed by atoms with Crippen LogP contribution in [0.2, 0.25) is 10.0 Å². The number of carbonyl (C=O) groups excluding carboxylic acids is 1. The second-order valence-corrected chi connectivity index (χ2v) is 5.28. The first-order valence-electron chi connectivity index (χ1n) is 6.05. The minimum Gasteiger partial charge on any atom is -0.372 e. The van der Waals surface area contributed by atoms with Crippen LogP contribution in [0.3, 0.4) is 0 Å². The van der Waals surface area contributed by atoms with E-state index in [0.29, 0.717) is 21.7 Å². The molecule has 0 unspecified atom stereocenters. The Hall–Kier alpha value is -1.20. The summed E-state index contributed by atoms with van der Waals surface area (Å²) in [6.07, 6.45) is 0.887. The number of nitrogens with one attached hydrogen (secondary N) is 1. The zero-order valence-electron chi connectivity index (χ0n) is 10.9. The number of anilines is 2. The van der Waals surface area contributed by atoms with Crippen LogP contribution < -0.4 is 10.2 Å². The molecule has 0 saturated carbocycles. The van der Waals surface area contributed by atoms with Crippen LogP contribution in [0, 0.1) is 0 Å². The molecule has 1 aromatic heterocycles. The number of amides is 1. The van der Waals surface area contributed by atoms with Crippen molar-refractivity contribution in [3.8, 4) is 0 Å². The summed E-state index contributed by atoms with van der Waals surface area (Å²) in [6.45, 7) is 1.78. The molecule has 0 spiro atoms. The van der Waals surface area contributed by atoms with Gasteiger partial charge in [-0.1, -0.05) is 23.2 Å². The van der Waals surface area contributed by atoms with Crippen LogP contribution in [0.15, 0.2) is 6.07 Å². The quantitative estimate of drug-likeness (QED) is 0.909. The monoisotopic (exact) mass is 302 g/mol. The van der Waals surface area contributed by atoms with Gasteiger partial charge in [0, 0.05) is 27.2 Å². The van der Waals surface area contributed by atoms with Crippen LogP contribution in [-0.4, -0.2) is 49.5 Å². The molecule has 0 radical (unpaired) electrons. The number of hydrogen-bond acceptors (Lipinski definition) is 4. The third-order valence-electron chi connectivity index (χ3n) is 3.12. The average molecular weight is 303 g/mol. The van der Waals surface area contributed by atoms with E-state index in [9.17, 15) is 4.79 Å². The Morgan fingerprint density at radius 1 is 1.32 bits per heavy atom. The van der Waals surface area contributed by atoms with Gasteiger partial charge in [-0.2, -0.15) is 0 Å². The number of hydrogen-bond donors (Lipinski definition) is 1. The summed E-state index contributed by atoms with van der Waals surface area (Å²) in [4.78, 5) is 19.9. The van der Waals surface area contributed by atoms with Gasteiger partial charge in [-0.25, -0.2) is 4.98 Å². The van der Waals surface area contributed by atoms with Gasteiger partial charge in [0.05, 0.1) is 16.6 Å². The molecule has 1 fully saturated rings. The number of halogens is 2. The van der Waals surface area contributed by atoms with Gasteiger partial charge in [-0.15, -0.1) is 0 Å². The van der Waals surface area contributed by atoms with E-state index < -0.39 is 0 Å². The third kappa shape index (κ3) is 3.04. The second kappa shape index (κ2) is 5.84. The summed E-state index contributed by atoms with van der Waals surface area (Å²) in [5.74, 6) is 1.22. The lowest BCUT2D eigenvalue weighted by Gasteiger charge is -2.22. The molecule has 0 aliphatic carbocycles. The van der Waals surface area contributed by atoms with Crippen LogP contribution in [-0.2, 0) is 4.79 Å². The molecule has 1 aromatic rings. The van der Waals surface area contributed by atoms with Crippen LogP contribution in [0.4, 0.5) is 11.6 Å². The van der Waals surface area contributed by atoms with Crippen molar-refractivity contribution in [3.05, 3.63) is 16.1 Å². The van der Waals surface area contributed by atoms with Gasteiger partial charge in [0.25, 0.3) is 0 Å². The molecule has 19 heavy (non-hydrogen) atoms. The van der Waals surface area contributed by atoms with E-state index in [1.54, 1.807) is 18.0 Å². The number of aromatic nitrogens is 1. The minimum atomic E-state index is 0.0660. The molecule has 104 valence electrons. The Kier molecular flexibility index (Phi) is 4.37. The molecule has 2 rings (SSSR count). The van der Waals surface area contributed by atoms with Crippen molar-refractivity contribution in [3.63, 3.8) is 0 Å². The zero-order valence-corrected chi connectivity index (χ0v) is 12.4. The maximum atomic E-state index is 11.9. The molecule has 0 aromatic carbocycles. The SMILES string of the molecule is CNc1nc(N2CCCN(C)C(=O)C2)c(Cl)cc1Cl. The lowest BCUT2D eigenvalue weighted by molar-refractivity contribution is -0.127. The van der Waals surface area contributed by atoms with Crippen molar-refractivity contribution in [2.75, 3.05) is 43.9 Å². The van der Waals surface area contributed by atoms with Crippen molar-refractivity contribution in [1.82, 2.24) is 9.88 Å². The minimum absolute atomic E-state index is 0.0660. The predicted molar refractivity (Wildman–Crippen MR) is 78.3 cm³/mol. The summed E-state index contributed by atoms with van der Waals surface area (Å²) in [7, 11) is 3.55. The maximum Gasteiger partial charge on any atom is 0.241 e. The van der Waals surface area contributed by atoms with Crippen molar-refractivity contribution in [1.29, 1.82) is 0 Å². The average Bonchev–Trinajstić information content (AvgIpc) is 2.52. The number of pyridine rings is 1. The number of carbonyl (C=O) groups is 1. The van der Waals surface area contributed by atoms with Crippen LogP contribution >= 0.6 is 23.2 Å². The highest BCUT2D eigenvalue weighted by Gasteiger charge is 2.22. The summed E-state index contributed by atoms with van der Waals surface area (Å²) in [5.41, 5.74) is 0. The van der Waals surface area contributed by atoms with Gasteiger partial charge in [0.2, 0.25) is 5.91 Å². The summed E-state index contributed by atoms with van der Waals surface area (Å²) < 4.78 is 0.